The van der Waals surface area contributed by atoms with E-state index in [9.17, 15) is 13.2 Å². The fourth-order valence-electron chi connectivity index (χ4n) is 1.10. The molecule has 0 N–H and O–H groups in total. The number of nitrogens with zero attached hydrogens (tertiary/aromatic N) is 1. The van der Waals surface area contributed by atoms with Crippen molar-refractivity contribution in [3.63, 3.8) is 0 Å². The van der Waals surface area contributed by atoms with E-state index >= 15 is 0 Å². The Morgan fingerprint density at radius 2 is 1.72 bits per heavy atom. The van der Waals surface area contributed by atoms with E-state index in [2.05, 4.69) is 9.72 Å². The van der Waals surface area contributed by atoms with Crippen LogP contribution in [0, 0.1) is 0 Å². The first kappa shape index (κ1) is 13.0. The fraction of sp³-hybridized carbons (Fsp3) is 0.100. The lowest BCUT2D eigenvalue weighted by Crippen LogP contribution is -2.16. The summed E-state index contributed by atoms with van der Waals surface area (Å²) in [5.41, 5.74) is 0. The maximum Gasteiger partial charge on any atom is 0.573 e. The third kappa shape index (κ3) is 3.78. The van der Waals surface area contributed by atoms with E-state index in [1.54, 1.807) is 5.38 Å². The Hall–Kier alpha value is -1.47. The quantitative estimate of drug-likeness (QED) is 0.836. The minimum Gasteiger partial charge on any atom is -0.431 e. The minimum absolute atomic E-state index is 0.298. The Morgan fingerprint density at radius 3 is 2.22 bits per heavy atom. The second-order valence-corrected chi connectivity index (χ2v) is 4.27. The molecule has 2 aromatic rings. The highest BCUT2D eigenvalue weighted by molar-refractivity contribution is 7.11. The molecule has 0 saturated carbocycles. The van der Waals surface area contributed by atoms with Crippen molar-refractivity contribution in [1.82, 2.24) is 4.98 Å². The number of thiazole rings is 1. The van der Waals surface area contributed by atoms with Crippen molar-refractivity contribution < 1.29 is 22.6 Å². The molecular weight excluding hydrogens is 291 g/mol. The molecule has 96 valence electrons. The molecule has 0 aliphatic rings. The summed E-state index contributed by atoms with van der Waals surface area (Å²) >= 11 is 6.78. The van der Waals surface area contributed by atoms with E-state index in [-0.39, 0.29) is 5.75 Å². The van der Waals surface area contributed by atoms with Crippen LogP contribution in [0.4, 0.5) is 13.2 Å². The first-order valence-electron chi connectivity index (χ1n) is 4.57. The average Bonchev–Trinajstić information content (AvgIpc) is 2.65. The molecule has 0 unspecified atom stereocenters. The Morgan fingerprint density at radius 1 is 1.11 bits per heavy atom. The monoisotopic (exact) mass is 295 g/mol. The lowest BCUT2D eigenvalue weighted by molar-refractivity contribution is -0.274. The Bertz CT molecular complexity index is 527. The molecule has 1 aromatic heterocycles. The van der Waals surface area contributed by atoms with Crippen LogP contribution < -0.4 is 9.47 Å². The van der Waals surface area contributed by atoms with E-state index < -0.39 is 6.36 Å². The molecule has 3 nitrogen and oxygen atoms in total. The van der Waals surface area contributed by atoms with Crippen molar-refractivity contribution in [1.29, 1.82) is 0 Å². The average molecular weight is 296 g/mol. The zero-order chi connectivity index (χ0) is 13.2. The molecule has 0 amide bonds. The summed E-state index contributed by atoms with van der Waals surface area (Å²) in [5.74, 6) is 0.0302. The van der Waals surface area contributed by atoms with E-state index in [1.165, 1.54) is 23.5 Å². The van der Waals surface area contributed by atoms with Crippen molar-refractivity contribution in [2.75, 3.05) is 0 Å². The molecule has 2 rings (SSSR count). The third-order valence-electron chi connectivity index (χ3n) is 1.72. The summed E-state index contributed by atoms with van der Waals surface area (Å²) in [5, 5.41) is 2.19. The first-order chi connectivity index (χ1) is 8.42. The summed E-state index contributed by atoms with van der Waals surface area (Å²) in [6, 6.07) is 4.99. The smallest absolute Gasteiger partial charge is 0.431 e. The number of hydrogen-bond acceptors (Lipinski definition) is 4. The number of aromatic nitrogens is 1. The van der Waals surface area contributed by atoms with E-state index in [1.807, 2.05) is 0 Å². The lowest BCUT2D eigenvalue weighted by atomic mass is 10.3. The Kier molecular flexibility index (Phi) is 3.63. The number of benzene rings is 1. The van der Waals surface area contributed by atoms with Gasteiger partial charge in [-0.05, 0) is 24.3 Å². The molecule has 0 aliphatic heterocycles. The SMILES string of the molecule is FC(F)(F)Oc1ccc(Oc2nc(Cl)cs2)cc1. The van der Waals surface area contributed by atoms with Gasteiger partial charge in [-0.1, -0.05) is 22.9 Å². The Labute approximate surface area is 109 Å². The molecular formula is C10H5ClF3NO2S. The van der Waals surface area contributed by atoms with Crippen LogP contribution in [-0.4, -0.2) is 11.3 Å². The van der Waals surface area contributed by atoms with E-state index in [4.69, 9.17) is 16.3 Å². The van der Waals surface area contributed by atoms with Gasteiger partial charge in [0.2, 0.25) is 0 Å². The number of alkyl halides is 3. The zero-order valence-electron chi connectivity index (χ0n) is 8.57. The summed E-state index contributed by atoms with van der Waals surface area (Å²) in [6.45, 7) is 0. The van der Waals surface area contributed by atoms with Crippen LogP contribution in [0.25, 0.3) is 0 Å². The molecule has 1 heterocycles. The molecule has 0 aliphatic carbocycles. The summed E-state index contributed by atoms with van der Waals surface area (Å²) in [6.07, 6.45) is -4.70. The van der Waals surface area contributed by atoms with Gasteiger partial charge in [0, 0.05) is 5.38 Å². The standard InChI is InChI=1S/C10H5ClF3NO2S/c11-8-5-18-9(15-8)16-6-1-3-7(4-2-6)17-10(12,13)14/h1-5H. The zero-order valence-corrected chi connectivity index (χ0v) is 10.1. The van der Waals surface area contributed by atoms with Crippen molar-refractivity contribution in [3.8, 4) is 16.7 Å². The lowest BCUT2D eigenvalue weighted by Gasteiger charge is -2.09. The van der Waals surface area contributed by atoms with Crippen molar-refractivity contribution >= 4 is 22.9 Å². The number of hydrogen-bond donors (Lipinski definition) is 0. The predicted octanol–water partition coefficient (Wildman–Crippen LogP) is 4.49. The molecule has 0 bridgehead atoms. The van der Waals surface area contributed by atoms with Gasteiger partial charge in [-0.3, -0.25) is 0 Å². The summed E-state index contributed by atoms with van der Waals surface area (Å²) < 4.78 is 44.7. The molecule has 8 heteroatoms. The highest BCUT2D eigenvalue weighted by atomic mass is 35.5. The maximum absolute atomic E-state index is 11.9. The van der Waals surface area contributed by atoms with Crippen LogP contribution in [0.1, 0.15) is 0 Å². The van der Waals surface area contributed by atoms with Gasteiger partial charge in [-0.2, -0.15) is 4.98 Å². The highest BCUT2D eigenvalue weighted by Crippen LogP contribution is 2.29. The van der Waals surface area contributed by atoms with Gasteiger partial charge < -0.3 is 9.47 Å². The van der Waals surface area contributed by atoms with Gasteiger partial charge in [0.15, 0.2) is 0 Å². The topological polar surface area (TPSA) is 31.4 Å². The van der Waals surface area contributed by atoms with Crippen molar-refractivity contribution in [2.24, 2.45) is 0 Å². The molecule has 0 spiro atoms. The van der Waals surface area contributed by atoms with Gasteiger partial charge in [-0.15, -0.1) is 13.2 Å². The minimum atomic E-state index is -4.70. The third-order valence-corrected chi connectivity index (χ3v) is 2.76. The van der Waals surface area contributed by atoms with Gasteiger partial charge >= 0.3 is 6.36 Å². The van der Waals surface area contributed by atoms with Crippen molar-refractivity contribution in [2.45, 2.75) is 6.36 Å². The van der Waals surface area contributed by atoms with Crippen LogP contribution >= 0.6 is 22.9 Å². The largest absolute Gasteiger partial charge is 0.573 e. The van der Waals surface area contributed by atoms with Crippen LogP contribution in [0.3, 0.4) is 0 Å². The van der Waals surface area contributed by atoms with E-state index in [0.29, 0.717) is 16.1 Å². The maximum atomic E-state index is 11.9. The van der Waals surface area contributed by atoms with Gasteiger partial charge in [0.25, 0.3) is 5.19 Å². The number of rotatable bonds is 3. The van der Waals surface area contributed by atoms with Crippen LogP contribution in [0.15, 0.2) is 29.6 Å². The number of ether oxygens (including phenoxy) is 2. The molecule has 0 saturated heterocycles. The molecule has 18 heavy (non-hydrogen) atoms. The molecule has 1 aromatic carbocycles. The van der Waals surface area contributed by atoms with Crippen LogP contribution in [0.5, 0.6) is 16.7 Å². The second kappa shape index (κ2) is 5.03. The Balaban J connectivity index is 2.04. The van der Waals surface area contributed by atoms with Crippen molar-refractivity contribution in [3.05, 3.63) is 34.8 Å². The normalized spacial score (nSPS) is 11.3. The van der Waals surface area contributed by atoms with E-state index in [0.717, 1.165) is 12.1 Å². The molecule has 0 fully saturated rings. The first-order valence-corrected chi connectivity index (χ1v) is 5.83. The molecule has 0 radical (unpaired) electrons. The second-order valence-electron chi connectivity index (χ2n) is 3.06. The fourth-order valence-corrected chi connectivity index (χ4v) is 1.90. The predicted molar refractivity (Wildman–Crippen MR) is 60.3 cm³/mol. The summed E-state index contributed by atoms with van der Waals surface area (Å²) in [4.78, 5) is 3.84. The highest BCUT2D eigenvalue weighted by Gasteiger charge is 2.30. The molecule has 0 atom stereocenters. The number of halogens is 4. The van der Waals surface area contributed by atoms with Crippen LogP contribution in [0.2, 0.25) is 5.15 Å². The summed E-state index contributed by atoms with van der Waals surface area (Å²) in [7, 11) is 0. The van der Waals surface area contributed by atoms with Gasteiger partial charge in [-0.25, -0.2) is 0 Å². The van der Waals surface area contributed by atoms with Gasteiger partial charge in [0.1, 0.15) is 16.7 Å². The van der Waals surface area contributed by atoms with Crippen LogP contribution in [-0.2, 0) is 0 Å². The van der Waals surface area contributed by atoms with Gasteiger partial charge in [0.05, 0.1) is 0 Å².